The second kappa shape index (κ2) is 7.39. The molecule has 1 aromatic carbocycles. The van der Waals surface area contributed by atoms with Crippen LogP contribution in [0.5, 0.6) is 0 Å². The zero-order valence-corrected chi connectivity index (χ0v) is 12.7. The van der Waals surface area contributed by atoms with Crippen LogP contribution in [0.1, 0.15) is 45.6 Å². The maximum Gasteiger partial charge on any atom is 0.315 e. The SMILES string of the molecule is CCCCCNC(=O)NC(C)(C)c1ccc(Cl)cc1. The predicted molar refractivity (Wildman–Crippen MR) is 80.5 cm³/mol. The van der Waals surface area contributed by atoms with E-state index in [1.165, 1.54) is 0 Å². The van der Waals surface area contributed by atoms with Crippen molar-refractivity contribution in [2.45, 2.75) is 45.6 Å². The van der Waals surface area contributed by atoms with Gasteiger partial charge in [-0.05, 0) is 38.0 Å². The number of carbonyl (C=O) groups is 1. The third kappa shape index (κ3) is 5.52. The van der Waals surface area contributed by atoms with Crippen LogP contribution < -0.4 is 10.6 Å². The second-order valence-corrected chi connectivity index (χ2v) is 5.66. The number of carbonyl (C=O) groups excluding carboxylic acids is 1. The standard InChI is InChI=1S/C15H23ClN2O/c1-4-5-6-11-17-14(19)18-15(2,3)12-7-9-13(16)10-8-12/h7-10H,4-6,11H2,1-3H3,(H2,17,18,19). The molecule has 2 N–H and O–H groups in total. The van der Waals surface area contributed by atoms with Crippen LogP contribution in [0.2, 0.25) is 5.02 Å². The van der Waals surface area contributed by atoms with Crippen molar-refractivity contribution in [2.75, 3.05) is 6.54 Å². The maximum atomic E-state index is 11.8. The predicted octanol–water partition coefficient (Wildman–Crippen LogP) is 4.06. The fourth-order valence-corrected chi connectivity index (χ4v) is 1.97. The fraction of sp³-hybridized carbons (Fsp3) is 0.533. The summed E-state index contributed by atoms with van der Waals surface area (Å²) >= 11 is 5.87. The van der Waals surface area contributed by atoms with Crippen molar-refractivity contribution in [1.29, 1.82) is 0 Å². The molecule has 0 heterocycles. The minimum absolute atomic E-state index is 0.129. The van der Waals surface area contributed by atoms with Crippen LogP contribution in [0.3, 0.4) is 0 Å². The Kier molecular flexibility index (Phi) is 6.16. The van der Waals surface area contributed by atoms with Crippen LogP contribution in [-0.2, 0) is 5.54 Å². The van der Waals surface area contributed by atoms with Crippen molar-refractivity contribution >= 4 is 17.6 Å². The normalized spacial score (nSPS) is 11.2. The van der Waals surface area contributed by atoms with E-state index in [4.69, 9.17) is 11.6 Å². The number of rotatable bonds is 6. The first kappa shape index (κ1) is 15.8. The van der Waals surface area contributed by atoms with Gasteiger partial charge in [-0.2, -0.15) is 0 Å². The lowest BCUT2D eigenvalue weighted by molar-refractivity contribution is 0.230. The molecular weight excluding hydrogens is 260 g/mol. The fourth-order valence-electron chi connectivity index (χ4n) is 1.84. The summed E-state index contributed by atoms with van der Waals surface area (Å²) in [6, 6.07) is 7.40. The van der Waals surface area contributed by atoms with E-state index in [2.05, 4.69) is 17.6 Å². The number of unbranched alkanes of at least 4 members (excludes halogenated alkanes) is 2. The Morgan fingerprint density at radius 2 is 1.84 bits per heavy atom. The van der Waals surface area contributed by atoms with Crippen molar-refractivity contribution in [3.05, 3.63) is 34.9 Å². The van der Waals surface area contributed by atoms with Gasteiger partial charge in [-0.3, -0.25) is 0 Å². The summed E-state index contributed by atoms with van der Waals surface area (Å²) < 4.78 is 0. The van der Waals surface area contributed by atoms with Crippen LogP contribution in [0.4, 0.5) is 4.79 Å². The highest BCUT2D eigenvalue weighted by atomic mass is 35.5. The number of halogens is 1. The first-order valence-electron chi connectivity index (χ1n) is 6.78. The number of benzene rings is 1. The Bertz CT molecular complexity index is 401. The number of hydrogen-bond donors (Lipinski definition) is 2. The molecule has 0 fully saturated rings. The molecule has 2 amide bonds. The molecule has 106 valence electrons. The number of nitrogens with one attached hydrogen (secondary N) is 2. The first-order valence-corrected chi connectivity index (χ1v) is 7.15. The van der Waals surface area contributed by atoms with E-state index in [1.807, 2.05) is 38.1 Å². The molecule has 1 rings (SSSR count). The van der Waals surface area contributed by atoms with E-state index in [0.29, 0.717) is 5.02 Å². The average Bonchev–Trinajstić information content (AvgIpc) is 2.34. The van der Waals surface area contributed by atoms with Crippen molar-refractivity contribution in [3.63, 3.8) is 0 Å². The van der Waals surface area contributed by atoms with Crippen molar-refractivity contribution in [3.8, 4) is 0 Å². The Morgan fingerprint density at radius 3 is 2.42 bits per heavy atom. The maximum absolute atomic E-state index is 11.8. The van der Waals surface area contributed by atoms with Gasteiger partial charge in [-0.1, -0.05) is 43.5 Å². The molecule has 1 aromatic rings. The first-order chi connectivity index (χ1) is 8.95. The summed E-state index contributed by atoms with van der Waals surface area (Å²) in [5, 5.41) is 6.55. The highest BCUT2D eigenvalue weighted by Crippen LogP contribution is 2.21. The number of amides is 2. The minimum Gasteiger partial charge on any atom is -0.338 e. The van der Waals surface area contributed by atoms with Gasteiger partial charge in [0, 0.05) is 11.6 Å². The molecule has 0 atom stereocenters. The molecule has 0 spiro atoms. The minimum atomic E-state index is -0.417. The molecule has 0 radical (unpaired) electrons. The van der Waals surface area contributed by atoms with Crippen LogP contribution >= 0.6 is 11.6 Å². The summed E-state index contributed by atoms with van der Waals surface area (Å²) in [6.45, 7) is 6.81. The largest absolute Gasteiger partial charge is 0.338 e. The van der Waals surface area contributed by atoms with Gasteiger partial charge in [0.25, 0.3) is 0 Å². The smallest absolute Gasteiger partial charge is 0.315 e. The van der Waals surface area contributed by atoms with Gasteiger partial charge >= 0.3 is 6.03 Å². The van der Waals surface area contributed by atoms with Crippen molar-refractivity contribution < 1.29 is 4.79 Å². The Hall–Kier alpha value is -1.22. The molecule has 0 bridgehead atoms. The van der Waals surface area contributed by atoms with Gasteiger partial charge in [0.1, 0.15) is 0 Å². The molecule has 3 nitrogen and oxygen atoms in total. The average molecular weight is 283 g/mol. The lowest BCUT2D eigenvalue weighted by atomic mass is 9.94. The van der Waals surface area contributed by atoms with E-state index < -0.39 is 5.54 Å². The molecule has 0 aliphatic rings. The van der Waals surface area contributed by atoms with Crippen LogP contribution in [0.15, 0.2) is 24.3 Å². The Balaban J connectivity index is 2.49. The molecule has 0 unspecified atom stereocenters. The van der Waals surface area contributed by atoms with E-state index in [1.54, 1.807) is 0 Å². The number of urea groups is 1. The highest BCUT2D eigenvalue weighted by Gasteiger charge is 2.22. The van der Waals surface area contributed by atoms with Gasteiger partial charge < -0.3 is 10.6 Å². The summed E-state index contributed by atoms with van der Waals surface area (Å²) in [5.41, 5.74) is 0.611. The summed E-state index contributed by atoms with van der Waals surface area (Å²) in [4.78, 5) is 11.8. The quantitative estimate of drug-likeness (QED) is 0.759. The van der Waals surface area contributed by atoms with Gasteiger partial charge in [-0.15, -0.1) is 0 Å². The van der Waals surface area contributed by atoms with E-state index in [-0.39, 0.29) is 6.03 Å². The zero-order chi connectivity index (χ0) is 14.3. The van der Waals surface area contributed by atoms with Crippen LogP contribution in [0.25, 0.3) is 0 Å². The molecule has 0 saturated carbocycles. The molecule has 0 saturated heterocycles. The third-order valence-corrected chi connectivity index (χ3v) is 3.31. The number of hydrogen-bond acceptors (Lipinski definition) is 1. The topological polar surface area (TPSA) is 41.1 Å². The van der Waals surface area contributed by atoms with Crippen LogP contribution in [0, 0.1) is 0 Å². The van der Waals surface area contributed by atoms with E-state index >= 15 is 0 Å². The van der Waals surface area contributed by atoms with Gasteiger partial charge in [0.15, 0.2) is 0 Å². The zero-order valence-electron chi connectivity index (χ0n) is 11.9. The monoisotopic (exact) mass is 282 g/mol. The van der Waals surface area contributed by atoms with E-state index in [9.17, 15) is 4.79 Å². The summed E-state index contributed by atoms with van der Waals surface area (Å²) in [7, 11) is 0. The molecule has 0 aliphatic carbocycles. The lowest BCUT2D eigenvalue weighted by Crippen LogP contribution is -2.46. The second-order valence-electron chi connectivity index (χ2n) is 5.22. The van der Waals surface area contributed by atoms with Crippen molar-refractivity contribution in [2.24, 2.45) is 0 Å². The van der Waals surface area contributed by atoms with Gasteiger partial charge in [0.05, 0.1) is 5.54 Å². The van der Waals surface area contributed by atoms with Crippen molar-refractivity contribution in [1.82, 2.24) is 10.6 Å². The molecule has 0 aromatic heterocycles. The Labute approximate surface area is 120 Å². The molecule has 4 heteroatoms. The highest BCUT2D eigenvalue weighted by molar-refractivity contribution is 6.30. The third-order valence-electron chi connectivity index (χ3n) is 3.06. The van der Waals surface area contributed by atoms with Gasteiger partial charge in [-0.25, -0.2) is 4.79 Å². The summed E-state index contributed by atoms with van der Waals surface area (Å²) in [6.07, 6.45) is 3.31. The summed E-state index contributed by atoms with van der Waals surface area (Å²) in [5.74, 6) is 0. The van der Waals surface area contributed by atoms with Gasteiger partial charge in [0.2, 0.25) is 0 Å². The lowest BCUT2D eigenvalue weighted by Gasteiger charge is -2.27. The Morgan fingerprint density at radius 1 is 1.21 bits per heavy atom. The van der Waals surface area contributed by atoms with Crippen LogP contribution in [-0.4, -0.2) is 12.6 Å². The van der Waals surface area contributed by atoms with E-state index in [0.717, 1.165) is 31.4 Å². The molecule has 19 heavy (non-hydrogen) atoms. The molecule has 0 aliphatic heterocycles. The molecular formula is C15H23ClN2O.